The largest absolute Gasteiger partial charge is 0.286 e. The van der Waals surface area contributed by atoms with Crippen LogP contribution in [0.3, 0.4) is 0 Å². The van der Waals surface area contributed by atoms with Crippen LogP contribution in [-0.4, -0.2) is 11.8 Å². The van der Waals surface area contributed by atoms with Crippen molar-refractivity contribution in [2.24, 2.45) is 4.99 Å². The number of benzene rings is 1. The van der Waals surface area contributed by atoms with Crippen LogP contribution in [0.4, 0.5) is 0 Å². The first-order valence-corrected chi connectivity index (χ1v) is 6.46. The molecule has 1 saturated carbocycles. The Labute approximate surface area is 101 Å². The predicted octanol–water partition coefficient (Wildman–Crippen LogP) is 4.71. The van der Waals surface area contributed by atoms with Gasteiger partial charge in [0.25, 0.3) is 0 Å². The van der Waals surface area contributed by atoms with Crippen molar-refractivity contribution in [3.05, 3.63) is 35.9 Å². The Morgan fingerprint density at radius 3 is 1.94 bits per heavy atom. The molecule has 0 heterocycles. The van der Waals surface area contributed by atoms with Gasteiger partial charge in [0.05, 0.1) is 6.04 Å². The van der Waals surface area contributed by atoms with Gasteiger partial charge in [-0.05, 0) is 25.3 Å². The third-order valence-electron chi connectivity index (χ3n) is 2.11. The Morgan fingerprint density at radius 2 is 1.50 bits per heavy atom. The lowest BCUT2D eigenvalue weighted by Crippen LogP contribution is -1.95. The fourth-order valence-corrected chi connectivity index (χ4v) is 1.23. The van der Waals surface area contributed by atoms with Crippen LogP contribution in [0.25, 0.3) is 0 Å². The van der Waals surface area contributed by atoms with Crippen LogP contribution in [0.2, 0.25) is 0 Å². The van der Waals surface area contributed by atoms with Crippen LogP contribution in [0.15, 0.2) is 35.3 Å². The van der Waals surface area contributed by atoms with E-state index in [4.69, 9.17) is 0 Å². The van der Waals surface area contributed by atoms with E-state index in [1.807, 2.05) is 33.8 Å². The molecule has 0 amide bonds. The van der Waals surface area contributed by atoms with Gasteiger partial charge in [-0.3, -0.25) is 4.99 Å². The minimum atomic E-state index is 0.630. The summed E-state index contributed by atoms with van der Waals surface area (Å²) in [6.45, 7) is 10.1. The van der Waals surface area contributed by atoms with Gasteiger partial charge in [-0.1, -0.05) is 58.0 Å². The van der Waals surface area contributed by atoms with Gasteiger partial charge in [0.15, 0.2) is 0 Å². The second-order valence-electron chi connectivity index (χ2n) is 3.31. The molecule has 1 aliphatic rings. The third-order valence-corrected chi connectivity index (χ3v) is 2.11. The summed E-state index contributed by atoms with van der Waals surface area (Å²) in [6, 6.07) is 11.0. The lowest BCUT2D eigenvalue weighted by Gasteiger charge is -1.98. The monoisotopic (exact) mass is 219 g/mol. The molecule has 0 saturated heterocycles. The molecule has 2 rings (SSSR count). The minimum absolute atomic E-state index is 0.630. The Morgan fingerprint density at radius 1 is 1.00 bits per heavy atom. The van der Waals surface area contributed by atoms with E-state index < -0.39 is 0 Å². The number of hydrogen-bond acceptors (Lipinski definition) is 1. The average Bonchev–Trinajstić information content (AvgIpc) is 3.19. The Hall–Kier alpha value is -1.11. The van der Waals surface area contributed by atoms with Gasteiger partial charge in [0, 0.05) is 5.71 Å². The smallest absolute Gasteiger partial charge is 0.0504 e. The molecule has 1 aromatic carbocycles. The van der Waals surface area contributed by atoms with Crippen molar-refractivity contribution in [1.82, 2.24) is 0 Å². The maximum absolute atomic E-state index is 4.58. The zero-order chi connectivity index (χ0) is 12.4. The molecule has 90 valence electrons. The Bertz CT molecular complexity index is 284. The quantitative estimate of drug-likeness (QED) is 0.639. The molecule has 0 unspecified atom stereocenters. The highest BCUT2D eigenvalue weighted by molar-refractivity contribution is 5.98. The van der Waals surface area contributed by atoms with Crippen molar-refractivity contribution in [2.45, 2.75) is 53.5 Å². The molecule has 1 aromatic rings. The highest BCUT2D eigenvalue weighted by Crippen LogP contribution is 2.24. The fraction of sp³-hybridized carbons (Fsp3) is 0.533. The number of hydrogen-bond donors (Lipinski definition) is 0. The van der Waals surface area contributed by atoms with Gasteiger partial charge in [-0.15, -0.1) is 0 Å². The van der Waals surface area contributed by atoms with E-state index in [-0.39, 0.29) is 0 Å². The van der Waals surface area contributed by atoms with E-state index in [1.54, 1.807) is 0 Å². The van der Waals surface area contributed by atoms with Crippen LogP contribution in [0.1, 0.15) is 53.0 Å². The lowest BCUT2D eigenvalue weighted by atomic mass is 10.1. The summed E-state index contributed by atoms with van der Waals surface area (Å²) in [5.41, 5.74) is 2.43. The van der Waals surface area contributed by atoms with Crippen molar-refractivity contribution in [3.63, 3.8) is 0 Å². The number of aliphatic imine (C=N–C) groups is 1. The normalized spacial score (nSPS) is 14.2. The summed E-state index contributed by atoms with van der Waals surface area (Å²) >= 11 is 0. The van der Waals surface area contributed by atoms with Gasteiger partial charge in [-0.25, -0.2) is 0 Å². The molecule has 0 aliphatic heterocycles. The molecule has 0 bridgehead atoms. The summed E-state index contributed by atoms with van der Waals surface area (Å²) in [5.74, 6) is 0. The van der Waals surface area contributed by atoms with Crippen LogP contribution in [0, 0.1) is 0 Å². The summed E-state index contributed by atoms with van der Waals surface area (Å²) in [7, 11) is 0. The van der Waals surface area contributed by atoms with E-state index in [0.29, 0.717) is 6.04 Å². The zero-order valence-electron chi connectivity index (χ0n) is 11.3. The third kappa shape index (κ3) is 5.69. The van der Waals surface area contributed by atoms with E-state index in [2.05, 4.69) is 36.2 Å². The summed E-state index contributed by atoms with van der Waals surface area (Å²) in [5, 5.41) is 0. The highest BCUT2D eigenvalue weighted by Gasteiger charge is 2.20. The molecule has 0 spiro atoms. The maximum atomic E-state index is 4.58. The first-order valence-electron chi connectivity index (χ1n) is 6.46. The van der Waals surface area contributed by atoms with Gasteiger partial charge >= 0.3 is 0 Å². The molecular formula is C15H25N. The molecule has 0 atom stereocenters. The van der Waals surface area contributed by atoms with E-state index in [0.717, 1.165) is 0 Å². The Kier molecular flexibility index (Phi) is 8.51. The molecule has 1 aliphatic carbocycles. The highest BCUT2D eigenvalue weighted by atomic mass is 14.8. The first kappa shape index (κ1) is 14.9. The lowest BCUT2D eigenvalue weighted by molar-refractivity contribution is 1.06. The maximum Gasteiger partial charge on any atom is 0.0504 e. The van der Waals surface area contributed by atoms with E-state index in [1.165, 1.54) is 24.1 Å². The topological polar surface area (TPSA) is 12.4 Å². The fourth-order valence-electron chi connectivity index (χ4n) is 1.23. The van der Waals surface area contributed by atoms with E-state index >= 15 is 0 Å². The van der Waals surface area contributed by atoms with Crippen molar-refractivity contribution >= 4 is 5.71 Å². The SMILES string of the molecule is CC.CC.CC(=NC1CC1)c1ccccc1. The standard InChI is InChI=1S/C11H13N.2C2H6/c1-9(12-11-7-8-11)10-5-3-2-4-6-10;2*1-2/h2-6,11H,7-8H2,1H3;2*1-2H3. The van der Waals surface area contributed by atoms with Gasteiger partial charge < -0.3 is 0 Å². The van der Waals surface area contributed by atoms with Crippen molar-refractivity contribution in [2.75, 3.05) is 0 Å². The summed E-state index contributed by atoms with van der Waals surface area (Å²) in [4.78, 5) is 4.58. The molecule has 16 heavy (non-hydrogen) atoms. The average molecular weight is 219 g/mol. The molecule has 1 fully saturated rings. The molecule has 1 nitrogen and oxygen atoms in total. The molecular weight excluding hydrogens is 194 g/mol. The van der Waals surface area contributed by atoms with E-state index in [9.17, 15) is 0 Å². The number of nitrogens with zero attached hydrogens (tertiary/aromatic N) is 1. The molecule has 0 aromatic heterocycles. The first-order chi connectivity index (χ1) is 7.86. The second-order valence-corrected chi connectivity index (χ2v) is 3.31. The molecule has 0 radical (unpaired) electrons. The summed E-state index contributed by atoms with van der Waals surface area (Å²) in [6.07, 6.45) is 2.56. The summed E-state index contributed by atoms with van der Waals surface area (Å²) < 4.78 is 0. The molecule has 0 N–H and O–H groups in total. The number of rotatable bonds is 2. The van der Waals surface area contributed by atoms with Gasteiger partial charge in [-0.2, -0.15) is 0 Å². The van der Waals surface area contributed by atoms with Crippen LogP contribution in [-0.2, 0) is 0 Å². The van der Waals surface area contributed by atoms with Crippen molar-refractivity contribution in [1.29, 1.82) is 0 Å². The van der Waals surface area contributed by atoms with Crippen LogP contribution in [0.5, 0.6) is 0 Å². The zero-order valence-corrected chi connectivity index (χ0v) is 11.3. The van der Waals surface area contributed by atoms with Crippen molar-refractivity contribution < 1.29 is 0 Å². The Balaban J connectivity index is 0.000000509. The second kappa shape index (κ2) is 9.14. The van der Waals surface area contributed by atoms with Gasteiger partial charge in [0.2, 0.25) is 0 Å². The van der Waals surface area contributed by atoms with Gasteiger partial charge in [0.1, 0.15) is 0 Å². The van der Waals surface area contributed by atoms with Crippen LogP contribution < -0.4 is 0 Å². The minimum Gasteiger partial charge on any atom is -0.286 e. The van der Waals surface area contributed by atoms with Crippen molar-refractivity contribution in [3.8, 4) is 0 Å². The van der Waals surface area contributed by atoms with Crippen LogP contribution >= 0.6 is 0 Å². The molecule has 1 heteroatoms. The predicted molar refractivity (Wildman–Crippen MR) is 74.4 cm³/mol.